The molecule has 0 aromatic heterocycles. The number of nitrogens with one attached hydrogen (secondary N) is 1. The first-order valence-corrected chi connectivity index (χ1v) is 8.53. The number of hydrogen-bond acceptors (Lipinski definition) is 4. The second-order valence-electron chi connectivity index (χ2n) is 6.27. The van der Waals surface area contributed by atoms with Crippen LogP contribution in [0.25, 0.3) is 0 Å². The lowest BCUT2D eigenvalue weighted by Crippen LogP contribution is -2.51. The summed E-state index contributed by atoms with van der Waals surface area (Å²) in [6, 6.07) is 4.09. The van der Waals surface area contributed by atoms with E-state index in [1.54, 1.807) is 0 Å². The van der Waals surface area contributed by atoms with Gasteiger partial charge in [-0.05, 0) is 37.8 Å². The Balaban J connectivity index is 1.48. The molecular formula is C17H21ClFNO4. The quantitative estimate of drug-likeness (QED) is 0.900. The number of rotatable bonds is 4. The molecule has 2 fully saturated rings. The van der Waals surface area contributed by atoms with Crippen LogP contribution in [0, 0.1) is 5.82 Å². The van der Waals surface area contributed by atoms with Crippen LogP contribution in [-0.2, 0) is 14.3 Å². The highest BCUT2D eigenvalue weighted by molar-refractivity contribution is 6.30. The first-order valence-electron chi connectivity index (χ1n) is 8.15. The molecule has 2 aliphatic heterocycles. The van der Waals surface area contributed by atoms with Gasteiger partial charge in [0.1, 0.15) is 11.6 Å². The summed E-state index contributed by atoms with van der Waals surface area (Å²) in [5, 5.41) is 2.97. The van der Waals surface area contributed by atoms with E-state index in [0.717, 1.165) is 25.7 Å². The van der Waals surface area contributed by atoms with Crippen LogP contribution < -0.4 is 10.1 Å². The summed E-state index contributed by atoms with van der Waals surface area (Å²) in [4.78, 5) is 12.1. The Labute approximate surface area is 145 Å². The fraction of sp³-hybridized carbons (Fsp3) is 0.588. The molecule has 2 heterocycles. The summed E-state index contributed by atoms with van der Waals surface area (Å²) in [7, 11) is 0. The van der Waals surface area contributed by atoms with Crippen molar-refractivity contribution >= 4 is 17.5 Å². The van der Waals surface area contributed by atoms with Gasteiger partial charge in [-0.25, -0.2) is 4.39 Å². The van der Waals surface area contributed by atoms with E-state index in [4.69, 9.17) is 25.8 Å². The zero-order valence-corrected chi connectivity index (χ0v) is 14.1. The van der Waals surface area contributed by atoms with Crippen LogP contribution in [0.5, 0.6) is 5.75 Å². The summed E-state index contributed by atoms with van der Waals surface area (Å²) >= 11 is 5.69. The standard InChI is InChI=1S/C17H21ClFNO4/c18-14-9-13(1-2-15(14)19)23-11-16(21)20-12-3-6-24-17(10-12)4-7-22-8-5-17/h1-2,9,12H,3-8,10-11H2,(H,20,21)/t12-/m1/s1. The maximum Gasteiger partial charge on any atom is 0.258 e. The van der Waals surface area contributed by atoms with Gasteiger partial charge in [0.25, 0.3) is 5.91 Å². The van der Waals surface area contributed by atoms with E-state index in [1.807, 2.05) is 0 Å². The van der Waals surface area contributed by atoms with Crippen LogP contribution in [0.15, 0.2) is 18.2 Å². The van der Waals surface area contributed by atoms with Gasteiger partial charge in [-0.15, -0.1) is 0 Å². The summed E-state index contributed by atoms with van der Waals surface area (Å²) in [6.07, 6.45) is 3.31. The van der Waals surface area contributed by atoms with Gasteiger partial charge in [-0.2, -0.15) is 0 Å². The molecule has 0 aliphatic carbocycles. The topological polar surface area (TPSA) is 56.8 Å². The molecule has 0 saturated carbocycles. The molecule has 3 rings (SSSR count). The van der Waals surface area contributed by atoms with Crippen molar-refractivity contribution in [3.8, 4) is 5.75 Å². The van der Waals surface area contributed by atoms with Gasteiger partial charge in [0.2, 0.25) is 0 Å². The van der Waals surface area contributed by atoms with E-state index in [1.165, 1.54) is 18.2 Å². The Morgan fingerprint density at radius 3 is 2.92 bits per heavy atom. The van der Waals surface area contributed by atoms with Gasteiger partial charge in [-0.3, -0.25) is 4.79 Å². The van der Waals surface area contributed by atoms with Crippen molar-refractivity contribution < 1.29 is 23.4 Å². The largest absolute Gasteiger partial charge is 0.484 e. The van der Waals surface area contributed by atoms with Crippen LogP contribution in [-0.4, -0.2) is 44.0 Å². The number of carbonyl (C=O) groups is 1. The average Bonchev–Trinajstić information content (AvgIpc) is 2.57. The minimum Gasteiger partial charge on any atom is -0.484 e. The lowest BCUT2D eigenvalue weighted by molar-refractivity contribution is -0.144. The van der Waals surface area contributed by atoms with Crippen molar-refractivity contribution in [2.45, 2.75) is 37.3 Å². The van der Waals surface area contributed by atoms with Crippen molar-refractivity contribution in [3.63, 3.8) is 0 Å². The molecule has 132 valence electrons. The minimum absolute atomic E-state index is 0.0289. The first-order chi connectivity index (χ1) is 11.6. The average molecular weight is 358 g/mol. The third-order valence-electron chi connectivity index (χ3n) is 4.52. The van der Waals surface area contributed by atoms with E-state index in [-0.39, 0.29) is 29.2 Å². The van der Waals surface area contributed by atoms with E-state index >= 15 is 0 Å². The van der Waals surface area contributed by atoms with Gasteiger partial charge >= 0.3 is 0 Å². The highest BCUT2D eigenvalue weighted by Gasteiger charge is 2.39. The Bertz CT molecular complexity index is 586. The number of amides is 1. The SMILES string of the molecule is O=C(COc1ccc(F)c(Cl)c1)N[C@@H]1CCOC2(CCOCC2)C1. The second-order valence-corrected chi connectivity index (χ2v) is 6.67. The summed E-state index contributed by atoms with van der Waals surface area (Å²) in [5.74, 6) is -0.355. The summed E-state index contributed by atoms with van der Waals surface area (Å²) in [5.41, 5.74) is -0.167. The summed E-state index contributed by atoms with van der Waals surface area (Å²) in [6.45, 7) is 1.92. The van der Waals surface area contributed by atoms with Crippen molar-refractivity contribution in [2.24, 2.45) is 0 Å². The van der Waals surface area contributed by atoms with Crippen molar-refractivity contribution in [3.05, 3.63) is 29.0 Å². The van der Waals surface area contributed by atoms with E-state index in [2.05, 4.69) is 5.32 Å². The van der Waals surface area contributed by atoms with Crippen LogP contribution in [0.4, 0.5) is 4.39 Å². The normalized spacial score (nSPS) is 23.0. The van der Waals surface area contributed by atoms with Crippen LogP contribution in [0.2, 0.25) is 5.02 Å². The maximum atomic E-state index is 13.1. The monoisotopic (exact) mass is 357 g/mol. The van der Waals surface area contributed by atoms with Crippen molar-refractivity contribution in [1.82, 2.24) is 5.32 Å². The fourth-order valence-electron chi connectivity index (χ4n) is 3.23. The van der Waals surface area contributed by atoms with Gasteiger partial charge in [0.05, 0.1) is 10.6 Å². The fourth-order valence-corrected chi connectivity index (χ4v) is 3.40. The number of carbonyl (C=O) groups excluding carboxylic acids is 1. The van der Waals surface area contributed by atoms with Crippen molar-refractivity contribution in [2.75, 3.05) is 26.4 Å². The summed E-state index contributed by atoms with van der Waals surface area (Å²) < 4.78 is 29.8. The Morgan fingerprint density at radius 2 is 2.17 bits per heavy atom. The zero-order chi connectivity index (χ0) is 17.0. The molecular weight excluding hydrogens is 337 g/mol. The van der Waals surface area contributed by atoms with Crippen LogP contribution in [0.3, 0.4) is 0 Å². The maximum absolute atomic E-state index is 13.1. The molecule has 0 radical (unpaired) electrons. The second kappa shape index (κ2) is 7.68. The predicted octanol–water partition coefficient (Wildman–Crippen LogP) is 2.70. The third kappa shape index (κ3) is 4.37. The first kappa shape index (κ1) is 17.5. The van der Waals surface area contributed by atoms with E-state index < -0.39 is 5.82 Å². The molecule has 2 aliphatic rings. The number of ether oxygens (including phenoxy) is 3. The molecule has 24 heavy (non-hydrogen) atoms. The lowest BCUT2D eigenvalue weighted by atomic mass is 9.84. The minimum atomic E-state index is -0.516. The van der Waals surface area contributed by atoms with Crippen LogP contribution >= 0.6 is 11.6 Å². The smallest absolute Gasteiger partial charge is 0.258 e. The molecule has 5 nitrogen and oxygen atoms in total. The Hall–Kier alpha value is -1.37. The van der Waals surface area contributed by atoms with Crippen LogP contribution in [0.1, 0.15) is 25.7 Å². The molecule has 1 aromatic rings. The molecule has 0 bridgehead atoms. The van der Waals surface area contributed by atoms with Gasteiger partial charge in [0.15, 0.2) is 6.61 Å². The molecule has 1 aromatic carbocycles. The third-order valence-corrected chi connectivity index (χ3v) is 4.81. The predicted molar refractivity (Wildman–Crippen MR) is 86.8 cm³/mol. The molecule has 1 atom stereocenters. The molecule has 7 heteroatoms. The number of benzene rings is 1. The van der Waals surface area contributed by atoms with E-state index in [0.29, 0.717) is 25.6 Å². The Kier molecular flexibility index (Phi) is 5.58. The number of halogens is 2. The van der Waals surface area contributed by atoms with Crippen molar-refractivity contribution in [1.29, 1.82) is 0 Å². The number of hydrogen-bond donors (Lipinski definition) is 1. The molecule has 2 saturated heterocycles. The highest BCUT2D eigenvalue weighted by atomic mass is 35.5. The highest BCUT2D eigenvalue weighted by Crippen LogP contribution is 2.34. The molecule has 1 N–H and O–H groups in total. The van der Waals surface area contributed by atoms with Gasteiger partial charge in [-0.1, -0.05) is 11.6 Å². The molecule has 1 amide bonds. The van der Waals surface area contributed by atoms with Gasteiger partial charge in [0, 0.05) is 31.9 Å². The lowest BCUT2D eigenvalue weighted by Gasteiger charge is -2.43. The Morgan fingerprint density at radius 1 is 1.38 bits per heavy atom. The van der Waals surface area contributed by atoms with E-state index in [9.17, 15) is 9.18 Å². The van der Waals surface area contributed by atoms with Gasteiger partial charge < -0.3 is 19.5 Å². The molecule has 0 unspecified atom stereocenters. The molecule has 1 spiro atoms. The zero-order valence-electron chi connectivity index (χ0n) is 13.4.